The number of hydrogen-bond acceptors (Lipinski definition) is 2. The smallest absolute Gasteiger partial charge is 0.119 e. The molecule has 1 N–H and O–H groups in total. The molecular weight excluding hydrogens is 282 g/mol. The topological polar surface area (TPSA) is 21.3 Å². The van der Waals surface area contributed by atoms with Gasteiger partial charge < -0.3 is 10.1 Å². The molecule has 0 aliphatic rings. The van der Waals surface area contributed by atoms with Gasteiger partial charge in [0.1, 0.15) is 12.4 Å². The predicted octanol–water partition coefficient (Wildman–Crippen LogP) is 4.40. The molecule has 0 aliphatic heterocycles. The van der Waals surface area contributed by atoms with E-state index in [1.165, 1.54) is 11.1 Å². The van der Waals surface area contributed by atoms with E-state index in [4.69, 9.17) is 4.74 Å². The van der Waals surface area contributed by atoms with Gasteiger partial charge in [0.15, 0.2) is 0 Å². The van der Waals surface area contributed by atoms with Crippen molar-refractivity contribution in [2.75, 3.05) is 13.2 Å². The van der Waals surface area contributed by atoms with E-state index >= 15 is 0 Å². The lowest BCUT2D eigenvalue weighted by Gasteiger charge is -2.14. The third-order valence-electron chi connectivity index (χ3n) is 3.76. The van der Waals surface area contributed by atoms with Crippen molar-refractivity contribution < 1.29 is 4.74 Å². The largest absolute Gasteiger partial charge is 0.492 e. The van der Waals surface area contributed by atoms with Crippen molar-refractivity contribution in [3.05, 3.63) is 77.9 Å². The summed E-state index contributed by atoms with van der Waals surface area (Å²) in [6.45, 7) is 5.80. The Hall–Kier alpha value is -2.06. The van der Waals surface area contributed by atoms with Gasteiger partial charge in [-0.3, -0.25) is 0 Å². The van der Waals surface area contributed by atoms with Gasteiger partial charge in [0.25, 0.3) is 0 Å². The Morgan fingerprint density at radius 1 is 1.00 bits per heavy atom. The van der Waals surface area contributed by atoms with E-state index in [0.717, 1.165) is 25.1 Å². The average molecular weight is 309 g/mol. The van der Waals surface area contributed by atoms with Gasteiger partial charge in [0.2, 0.25) is 0 Å². The van der Waals surface area contributed by atoms with Crippen molar-refractivity contribution in [2.24, 2.45) is 0 Å². The summed E-state index contributed by atoms with van der Waals surface area (Å²) in [5.41, 5.74) is 2.68. The van der Waals surface area contributed by atoms with E-state index in [9.17, 15) is 0 Å². The first kappa shape index (κ1) is 17.3. The van der Waals surface area contributed by atoms with Crippen LogP contribution in [0.15, 0.2) is 66.7 Å². The summed E-state index contributed by atoms with van der Waals surface area (Å²) in [7, 11) is 0. The number of hydrogen-bond donors (Lipinski definition) is 1. The van der Waals surface area contributed by atoms with Crippen LogP contribution in [0, 0.1) is 0 Å². The van der Waals surface area contributed by atoms with Crippen LogP contribution >= 0.6 is 0 Å². The first-order valence-corrected chi connectivity index (χ1v) is 8.38. The third kappa shape index (κ3) is 6.70. The molecule has 122 valence electrons. The molecule has 0 amide bonds. The van der Waals surface area contributed by atoms with Crippen LogP contribution < -0.4 is 10.1 Å². The van der Waals surface area contributed by atoms with E-state index in [-0.39, 0.29) is 0 Å². The lowest BCUT2D eigenvalue weighted by Crippen LogP contribution is -2.31. The minimum atomic E-state index is 0.448. The minimum Gasteiger partial charge on any atom is -0.492 e. The normalized spacial score (nSPS) is 12.4. The molecule has 2 aromatic rings. The molecule has 0 radical (unpaired) electrons. The molecule has 0 saturated carbocycles. The maximum Gasteiger partial charge on any atom is 0.119 e. The Morgan fingerprint density at radius 2 is 1.74 bits per heavy atom. The van der Waals surface area contributed by atoms with E-state index in [2.05, 4.69) is 66.9 Å². The van der Waals surface area contributed by atoms with Crippen molar-refractivity contribution in [3.63, 3.8) is 0 Å². The van der Waals surface area contributed by atoms with Crippen LogP contribution in [0.2, 0.25) is 0 Å². The number of ether oxygens (including phenoxy) is 1. The molecule has 2 aromatic carbocycles. The predicted molar refractivity (Wildman–Crippen MR) is 98.1 cm³/mol. The maximum atomic E-state index is 5.79. The first-order chi connectivity index (χ1) is 11.3. The number of nitrogens with one attached hydrogen (secondary N) is 1. The van der Waals surface area contributed by atoms with Crippen LogP contribution in [0.4, 0.5) is 0 Å². The summed E-state index contributed by atoms with van der Waals surface area (Å²) < 4.78 is 5.79. The Labute approximate surface area is 140 Å². The zero-order chi connectivity index (χ0) is 16.3. The lowest BCUT2D eigenvalue weighted by molar-refractivity contribution is 0.306. The second-order valence-corrected chi connectivity index (χ2v) is 5.81. The highest BCUT2D eigenvalue weighted by Gasteiger charge is 2.02. The number of rotatable bonds is 9. The van der Waals surface area contributed by atoms with Crippen molar-refractivity contribution in [3.8, 4) is 5.75 Å². The second kappa shape index (κ2) is 9.86. The number of benzene rings is 2. The fraction of sp³-hybridized carbons (Fsp3) is 0.333. The van der Waals surface area contributed by atoms with E-state index in [1.807, 2.05) is 19.1 Å². The fourth-order valence-corrected chi connectivity index (χ4v) is 2.49. The molecule has 0 fully saturated rings. The standard InChI is InChI=1S/C21H27NO/c1-3-4-8-19-11-13-21(14-12-19)23-16-15-22-18(2)17-20-9-6-5-7-10-20/h3-7,9-14,18,22H,8,15-17H2,1-2H3. The highest BCUT2D eigenvalue weighted by atomic mass is 16.5. The van der Waals surface area contributed by atoms with Crippen LogP contribution in [-0.2, 0) is 12.8 Å². The quantitative estimate of drug-likeness (QED) is 0.547. The summed E-state index contributed by atoms with van der Waals surface area (Å²) >= 11 is 0. The van der Waals surface area contributed by atoms with Crippen LogP contribution in [0.1, 0.15) is 25.0 Å². The van der Waals surface area contributed by atoms with Gasteiger partial charge >= 0.3 is 0 Å². The molecule has 2 rings (SSSR count). The molecule has 1 unspecified atom stereocenters. The second-order valence-electron chi connectivity index (χ2n) is 5.81. The molecule has 23 heavy (non-hydrogen) atoms. The van der Waals surface area contributed by atoms with Crippen LogP contribution in [0.3, 0.4) is 0 Å². The summed E-state index contributed by atoms with van der Waals surface area (Å²) in [6, 6.07) is 19.4. The molecule has 0 heterocycles. The molecule has 2 heteroatoms. The average Bonchev–Trinajstić information content (AvgIpc) is 2.59. The van der Waals surface area contributed by atoms with Gasteiger partial charge in [-0.1, -0.05) is 54.6 Å². The SMILES string of the molecule is CC=CCc1ccc(OCCNC(C)Cc2ccccc2)cc1. The van der Waals surface area contributed by atoms with Gasteiger partial charge in [0.05, 0.1) is 0 Å². The molecule has 0 aliphatic carbocycles. The van der Waals surface area contributed by atoms with E-state index in [0.29, 0.717) is 12.6 Å². The Balaban J connectivity index is 1.65. The van der Waals surface area contributed by atoms with Crippen molar-refractivity contribution in [2.45, 2.75) is 32.7 Å². The van der Waals surface area contributed by atoms with Gasteiger partial charge in [0, 0.05) is 12.6 Å². The molecule has 0 saturated heterocycles. The summed E-state index contributed by atoms with van der Waals surface area (Å²) in [6.07, 6.45) is 6.26. The molecule has 1 atom stereocenters. The highest BCUT2D eigenvalue weighted by molar-refractivity contribution is 5.28. The van der Waals surface area contributed by atoms with E-state index in [1.54, 1.807) is 0 Å². The minimum absolute atomic E-state index is 0.448. The summed E-state index contributed by atoms with van der Waals surface area (Å²) in [5.74, 6) is 0.937. The fourth-order valence-electron chi connectivity index (χ4n) is 2.49. The zero-order valence-electron chi connectivity index (χ0n) is 14.2. The van der Waals surface area contributed by atoms with Gasteiger partial charge in [-0.15, -0.1) is 0 Å². The zero-order valence-corrected chi connectivity index (χ0v) is 14.2. The van der Waals surface area contributed by atoms with Crippen LogP contribution in [0.25, 0.3) is 0 Å². The van der Waals surface area contributed by atoms with Gasteiger partial charge in [-0.25, -0.2) is 0 Å². The Bertz CT molecular complexity index is 575. The monoisotopic (exact) mass is 309 g/mol. The molecule has 0 spiro atoms. The molecule has 2 nitrogen and oxygen atoms in total. The number of allylic oxidation sites excluding steroid dienone is 2. The molecule has 0 bridgehead atoms. The first-order valence-electron chi connectivity index (χ1n) is 8.38. The van der Waals surface area contributed by atoms with E-state index < -0.39 is 0 Å². The molecular formula is C21H27NO. The van der Waals surface area contributed by atoms with Crippen molar-refractivity contribution in [1.29, 1.82) is 0 Å². The maximum absolute atomic E-state index is 5.79. The van der Waals surface area contributed by atoms with Crippen molar-refractivity contribution in [1.82, 2.24) is 5.32 Å². The van der Waals surface area contributed by atoms with Crippen molar-refractivity contribution >= 4 is 0 Å². The van der Waals surface area contributed by atoms with Gasteiger partial charge in [-0.2, -0.15) is 0 Å². The Kier molecular flexibility index (Phi) is 7.41. The van der Waals surface area contributed by atoms with Crippen LogP contribution in [-0.4, -0.2) is 19.2 Å². The summed E-state index contributed by atoms with van der Waals surface area (Å²) in [5, 5.41) is 3.51. The van der Waals surface area contributed by atoms with Crippen LogP contribution in [0.5, 0.6) is 5.75 Å². The summed E-state index contributed by atoms with van der Waals surface area (Å²) in [4.78, 5) is 0. The Morgan fingerprint density at radius 3 is 2.43 bits per heavy atom. The third-order valence-corrected chi connectivity index (χ3v) is 3.76. The highest BCUT2D eigenvalue weighted by Crippen LogP contribution is 2.12. The molecule has 0 aromatic heterocycles. The van der Waals surface area contributed by atoms with Gasteiger partial charge in [-0.05, 0) is 49.9 Å². The lowest BCUT2D eigenvalue weighted by atomic mass is 10.1.